The molecule has 0 saturated heterocycles. The van der Waals surface area contributed by atoms with Crippen LogP contribution in [-0.4, -0.2) is 14.8 Å². The zero-order valence-corrected chi connectivity index (χ0v) is 18.4. The fourth-order valence-electron chi connectivity index (χ4n) is 4.18. The zero-order chi connectivity index (χ0) is 21.9. The Balaban J connectivity index is 1.34. The van der Waals surface area contributed by atoms with E-state index >= 15 is 0 Å². The Bertz CT molecular complexity index is 1330. The number of anilines is 1. The van der Waals surface area contributed by atoms with Gasteiger partial charge in [0.2, 0.25) is 0 Å². The van der Waals surface area contributed by atoms with Crippen LogP contribution in [0.1, 0.15) is 30.4 Å². The Labute approximate surface area is 189 Å². The summed E-state index contributed by atoms with van der Waals surface area (Å²) in [6.07, 6.45) is 9.77. The van der Waals surface area contributed by atoms with Crippen LogP contribution in [-0.2, 0) is 6.54 Å². The van der Waals surface area contributed by atoms with Crippen LogP contribution in [0.25, 0.3) is 22.3 Å². The molecule has 0 unspecified atom stereocenters. The second kappa shape index (κ2) is 8.75. The van der Waals surface area contributed by atoms with E-state index in [-0.39, 0.29) is 0 Å². The number of rotatable bonds is 7. The molecular formula is C28H28N4. The number of benzene rings is 2. The lowest BCUT2D eigenvalue weighted by molar-refractivity contribution is 0.682. The van der Waals surface area contributed by atoms with Crippen LogP contribution in [0.15, 0.2) is 96.7 Å². The van der Waals surface area contributed by atoms with Gasteiger partial charge in [-0.1, -0.05) is 61.2 Å². The molecule has 2 aromatic carbocycles. The lowest BCUT2D eigenvalue weighted by atomic mass is 10.0. The van der Waals surface area contributed by atoms with Gasteiger partial charge in [0.25, 0.3) is 0 Å². The molecule has 160 valence electrons. The quantitative estimate of drug-likeness (QED) is 0.339. The molecule has 0 atom stereocenters. The van der Waals surface area contributed by atoms with Crippen LogP contribution >= 0.6 is 0 Å². The third-order valence-electron chi connectivity index (χ3n) is 5.97. The highest BCUT2D eigenvalue weighted by atomic mass is 15.3. The molecule has 0 bridgehead atoms. The number of aryl methyl sites for hydroxylation is 1. The molecule has 4 aromatic rings. The van der Waals surface area contributed by atoms with Gasteiger partial charge >= 0.3 is 0 Å². The van der Waals surface area contributed by atoms with E-state index in [4.69, 9.17) is 4.98 Å². The van der Waals surface area contributed by atoms with Crippen molar-refractivity contribution in [2.75, 3.05) is 5.32 Å². The molecule has 2 heterocycles. The molecule has 1 aliphatic rings. The van der Waals surface area contributed by atoms with Crippen LogP contribution in [0.2, 0.25) is 0 Å². The highest BCUT2D eigenvalue weighted by Crippen LogP contribution is 2.26. The Morgan fingerprint density at radius 1 is 1.09 bits per heavy atom. The van der Waals surface area contributed by atoms with Gasteiger partial charge in [-0.3, -0.25) is 9.78 Å². The SMILES string of the molecule is C=C(CC1=CCCC=C1)Nc1cccc(-c2ccc3[nH]n(Cc4ccccc4C)c3c2)n1. The summed E-state index contributed by atoms with van der Waals surface area (Å²) in [6, 6.07) is 21.1. The standard InChI is InChI=1S/C28H28N4/c1-20-9-6-7-12-24(20)19-32-27-18-23(15-16-26(27)31-32)25-13-8-14-28(30-25)29-21(2)17-22-10-4-3-5-11-22/h4,6-16,18,31H,2-3,5,17,19H2,1H3,(H,29,30). The molecule has 4 nitrogen and oxygen atoms in total. The van der Waals surface area contributed by atoms with Crippen molar-refractivity contribution in [2.24, 2.45) is 0 Å². The maximum Gasteiger partial charge on any atom is 0.130 e. The lowest BCUT2D eigenvalue weighted by Gasteiger charge is -2.19. The molecule has 32 heavy (non-hydrogen) atoms. The molecule has 5 rings (SSSR count). The number of aromatic nitrogens is 3. The minimum absolute atomic E-state index is 0.820. The first-order valence-corrected chi connectivity index (χ1v) is 11.2. The molecular weight excluding hydrogens is 392 g/mol. The topological polar surface area (TPSA) is 45.6 Å². The molecule has 4 heteroatoms. The highest BCUT2D eigenvalue weighted by Gasteiger charge is 2.10. The van der Waals surface area contributed by atoms with Crippen molar-refractivity contribution in [1.29, 1.82) is 0 Å². The third-order valence-corrected chi connectivity index (χ3v) is 5.97. The maximum atomic E-state index is 4.85. The maximum absolute atomic E-state index is 4.85. The number of hydrogen-bond donors (Lipinski definition) is 2. The van der Waals surface area contributed by atoms with Gasteiger partial charge < -0.3 is 5.32 Å². The predicted molar refractivity (Wildman–Crippen MR) is 134 cm³/mol. The molecule has 0 saturated carbocycles. The van der Waals surface area contributed by atoms with Gasteiger partial charge in [0.1, 0.15) is 5.82 Å². The van der Waals surface area contributed by atoms with E-state index in [1.807, 2.05) is 12.1 Å². The molecule has 2 aromatic heterocycles. The monoisotopic (exact) mass is 420 g/mol. The molecule has 2 N–H and O–H groups in total. The fourth-order valence-corrected chi connectivity index (χ4v) is 4.18. The van der Waals surface area contributed by atoms with E-state index in [2.05, 4.69) is 95.4 Å². The minimum Gasteiger partial charge on any atom is -0.344 e. The third kappa shape index (κ3) is 4.30. The van der Waals surface area contributed by atoms with Gasteiger partial charge in [0.15, 0.2) is 0 Å². The van der Waals surface area contributed by atoms with E-state index in [9.17, 15) is 0 Å². The van der Waals surface area contributed by atoms with E-state index in [1.54, 1.807) is 0 Å². The van der Waals surface area contributed by atoms with Crippen LogP contribution in [0.5, 0.6) is 0 Å². The first-order chi connectivity index (χ1) is 15.7. The normalized spacial score (nSPS) is 13.3. The van der Waals surface area contributed by atoms with Gasteiger partial charge in [0, 0.05) is 17.7 Å². The summed E-state index contributed by atoms with van der Waals surface area (Å²) in [6.45, 7) is 7.19. The molecule has 0 spiro atoms. The van der Waals surface area contributed by atoms with Crippen molar-refractivity contribution >= 4 is 16.9 Å². The van der Waals surface area contributed by atoms with E-state index < -0.39 is 0 Å². The van der Waals surface area contributed by atoms with Gasteiger partial charge in [-0.15, -0.1) is 0 Å². The highest BCUT2D eigenvalue weighted by molar-refractivity contribution is 5.83. The number of nitrogens with one attached hydrogen (secondary N) is 2. The average Bonchev–Trinajstić information content (AvgIpc) is 2.79. The Kier molecular flexibility index (Phi) is 5.51. The van der Waals surface area contributed by atoms with Gasteiger partial charge in [-0.05, 0) is 60.7 Å². The number of fused-ring (bicyclic) bond motifs is 1. The van der Waals surface area contributed by atoms with Crippen molar-refractivity contribution in [3.8, 4) is 11.3 Å². The Morgan fingerprint density at radius 3 is 2.84 bits per heavy atom. The first kappa shape index (κ1) is 20.1. The van der Waals surface area contributed by atoms with Gasteiger partial charge in [-0.2, -0.15) is 0 Å². The van der Waals surface area contributed by atoms with E-state index in [0.29, 0.717) is 0 Å². The number of hydrogen-bond acceptors (Lipinski definition) is 2. The van der Waals surface area contributed by atoms with Gasteiger partial charge in [0.05, 0.1) is 23.3 Å². The summed E-state index contributed by atoms with van der Waals surface area (Å²) >= 11 is 0. The number of H-pyrrole nitrogens is 1. The van der Waals surface area contributed by atoms with Crippen LogP contribution < -0.4 is 5.32 Å². The summed E-state index contributed by atoms with van der Waals surface area (Å²) in [5.41, 5.74) is 9.30. The summed E-state index contributed by atoms with van der Waals surface area (Å²) in [5.74, 6) is 0.825. The minimum atomic E-state index is 0.820. The van der Waals surface area contributed by atoms with E-state index in [1.165, 1.54) is 22.2 Å². The summed E-state index contributed by atoms with van der Waals surface area (Å²) in [5, 5.41) is 6.82. The zero-order valence-electron chi connectivity index (χ0n) is 18.4. The Morgan fingerprint density at radius 2 is 2.00 bits per heavy atom. The van der Waals surface area contributed by atoms with Crippen molar-refractivity contribution in [1.82, 2.24) is 14.8 Å². The first-order valence-electron chi connectivity index (χ1n) is 11.2. The number of aromatic amines is 1. The molecule has 0 aliphatic heterocycles. The molecule has 1 aliphatic carbocycles. The van der Waals surface area contributed by atoms with Crippen LogP contribution in [0.3, 0.4) is 0 Å². The summed E-state index contributed by atoms with van der Waals surface area (Å²) in [4.78, 5) is 4.85. The second-order valence-corrected chi connectivity index (χ2v) is 8.43. The van der Waals surface area contributed by atoms with Crippen LogP contribution in [0, 0.1) is 6.92 Å². The summed E-state index contributed by atoms with van der Waals surface area (Å²) < 4.78 is 2.19. The molecule has 0 amide bonds. The average molecular weight is 421 g/mol. The number of nitrogens with zero attached hydrogens (tertiary/aromatic N) is 2. The van der Waals surface area contributed by atoms with Crippen LogP contribution in [0.4, 0.5) is 5.82 Å². The smallest absolute Gasteiger partial charge is 0.130 e. The van der Waals surface area contributed by atoms with E-state index in [0.717, 1.165) is 54.1 Å². The Hall–Kier alpha value is -3.79. The molecule has 0 fully saturated rings. The van der Waals surface area contributed by atoms with Crippen molar-refractivity contribution in [2.45, 2.75) is 32.7 Å². The predicted octanol–water partition coefficient (Wildman–Crippen LogP) is 6.98. The number of allylic oxidation sites excluding steroid dienone is 4. The largest absolute Gasteiger partial charge is 0.344 e. The second-order valence-electron chi connectivity index (χ2n) is 8.43. The molecule has 0 radical (unpaired) electrons. The van der Waals surface area contributed by atoms with Crippen molar-refractivity contribution < 1.29 is 0 Å². The fraction of sp³-hybridized carbons (Fsp3) is 0.179. The lowest BCUT2D eigenvalue weighted by Crippen LogP contribution is -2.12. The van der Waals surface area contributed by atoms with Crippen molar-refractivity contribution in [3.63, 3.8) is 0 Å². The summed E-state index contributed by atoms with van der Waals surface area (Å²) in [7, 11) is 0. The number of pyridine rings is 1. The van der Waals surface area contributed by atoms with Crippen molar-refractivity contribution in [3.05, 3.63) is 108 Å². The van der Waals surface area contributed by atoms with Gasteiger partial charge in [-0.25, -0.2) is 4.98 Å².